The van der Waals surface area contributed by atoms with Gasteiger partial charge in [-0.15, -0.1) is 0 Å². The van der Waals surface area contributed by atoms with Crippen molar-refractivity contribution in [2.24, 2.45) is 0 Å². The Bertz CT molecular complexity index is 1080. The van der Waals surface area contributed by atoms with E-state index in [1.165, 1.54) is 18.6 Å². The molecule has 0 heterocycles. The van der Waals surface area contributed by atoms with Crippen LogP contribution < -0.4 is 10.1 Å². The molecule has 0 bridgehead atoms. The number of carboxylic acids is 1. The summed E-state index contributed by atoms with van der Waals surface area (Å²) in [6.07, 6.45) is 1.25. The molecule has 0 saturated heterocycles. The molecule has 0 aliphatic carbocycles. The standard InChI is InChI=1S/C25H25NO4.C3H8.C2H6/c1-16-5-12-20(13-6-16)30-22-15-18(9-14-21(22)25(2,3)4)23(27)26-19-10-7-17(8-11-19)24(28)29;1-3-2;1-2/h5-15H,1-4H3,(H,26,27)(H,28,29);3H2,1-2H3;1-2H3. The Hall–Kier alpha value is -3.60. The summed E-state index contributed by atoms with van der Waals surface area (Å²) in [4.78, 5) is 23.7. The number of benzene rings is 3. The van der Waals surface area contributed by atoms with E-state index >= 15 is 0 Å². The van der Waals surface area contributed by atoms with Gasteiger partial charge in [0.1, 0.15) is 11.5 Å². The highest BCUT2D eigenvalue weighted by atomic mass is 16.5. The first-order valence-corrected chi connectivity index (χ1v) is 12.1. The van der Waals surface area contributed by atoms with Gasteiger partial charge in [-0.1, -0.05) is 78.6 Å². The van der Waals surface area contributed by atoms with Crippen molar-refractivity contribution in [3.8, 4) is 11.5 Å². The van der Waals surface area contributed by atoms with Gasteiger partial charge in [-0.05, 0) is 60.9 Å². The summed E-state index contributed by atoms with van der Waals surface area (Å²) in [5, 5.41) is 11.8. The summed E-state index contributed by atoms with van der Waals surface area (Å²) in [7, 11) is 0. The number of nitrogens with one attached hydrogen (secondary N) is 1. The molecule has 0 fully saturated rings. The molecule has 35 heavy (non-hydrogen) atoms. The minimum Gasteiger partial charge on any atom is -0.478 e. The number of anilines is 1. The highest BCUT2D eigenvalue weighted by Gasteiger charge is 2.21. The van der Waals surface area contributed by atoms with Gasteiger partial charge < -0.3 is 15.2 Å². The van der Waals surface area contributed by atoms with Crippen molar-refractivity contribution in [1.29, 1.82) is 0 Å². The fourth-order valence-corrected chi connectivity index (χ4v) is 3.00. The minimum atomic E-state index is -1.01. The van der Waals surface area contributed by atoms with Crippen molar-refractivity contribution in [2.75, 3.05) is 5.32 Å². The number of ether oxygens (including phenoxy) is 1. The molecule has 0 aliphatic rings. The van der Waals surface area contributed by atoms with E-state index < -0.39 is 5.97 Å². The van der Waals surface area contributed by atoms with Gasteiger partial charge in [0, 0.05) is 16.8 Å². The van der Waals surface area contributed by atoms with E-state index in [4.69, 9.17) is 9.84 Å². The average molecular weight is 478 g/mol. The molecular weight excluding hydrogens is 438 g/mol. The van der Waals surface area contributed by atoms with Gasteiger partial charge in [0.25, 0.3) is 5.91 Å². The van der Waals surface area contributed by atoms with Crippen LogP contribution >= 0.6 is 0 Å². The molecule has 0 unspecified atom stereocenters. The SMILES string of the molecule is CC.CCC.Cc1ccc(Oc2cc(C(=O)Nc3ccc(C(=O)O)cc3)ccc2C(C)(C)C)cc1. The maximum Gasteiger partial charge on any atom is 0.335 e. The number of hydrogen-bond acceptors (Lipinski definition) is 3. The maximum absolute atomic E-state index is 12.8. The first-order chi connectivity index (χ1) is 16.5. The molecule has 5 nitrogen and oxygen atoms in total. The van der Waals surface area contributed by atoms with Crippen molar-refractivity contribution in [1.82, 2.24) is 0 Å². The zero-order chi connectivity index (χ0) is 26.6. The molecule has 0 radical (unpaired) electrons. The van der Waals surface area contributed by atoms with Crippen LogP contribution in [0.2, 0.25) is 0 Å². The van der Waals surface area contributed by atoms with Crippen LogP contribution in [0.1, 0.15) is 86.7 Å². The summed E-state index contributed by atoms with van der Waals surface area (Å²) in [5.74, 6) is 0.0176. The highest BCUT2D eigenvalue weighted by Crippen LogP contribution is 2.35. The number of aromatic carboxylic acids is 1. The van der Waals surface area contributed by atoms with Gasteiger partial charge in [0.15, 0.2) is 0 Å². The first kappa shape index (κ1) is 29.4. The molecule has 1 amide bonds. The summed E-state index contributed by atoms with van der Waals surface area (Å²) in [6.45, 7) is 16.5. The minimum absolute atomic E-state index is 0.163. The lowest BCUT2D eigenvalue weighted by Crippen LogP contribution is -2.16. The second kappa shape index (κ2) is 14.0. The molecule has 3 aromatic carbocycles. The van der Waals surface area contributed by atoms with Crippen LogP contribution in [-0.2, 0) is 5.41 Å². The van der Waals surface area contributed by atoms with Crippen LogP contribution in [0.25, 0.3) is 0 Å². The average Bonchev–Trinajstić information content (AvgIpc) is 2.82. The number of carbonyl (C=O) groups excluding carboxylic acids is 1. The smallest absolute Gasteiger partial charge is 0.335 e. The van der Waals surface area contributed by atoms with E-state index in [0.29, 0.717) is 22.7 Å². The fourth-order valence-electron chi connectivity index (χ4n) is 3.00. The Morgan fingerprint density at radius 1 is 0.857 bits per heavy atom. The number of carbonyl (C=O) groups is 2. The topological polar surface area (TPSA) is 75.6 Å². The van der Waals surface area contributed by atoms with Crippen LogP contribution in [-0.4, -0.2) is 17.0 Å². The molecular formula is C30H39NO4. The normalized spacial score (nSPS) is 10.2. The van der Waals surface area contributed by atoms with Crippen LogP contribution in [0.4, 0.5) is 5.69 Å². The van der Waals surface area contributed by atoms with Crippen LogP contribution in [0.5, 0.6) is 11.5 Å². The lowest BCUT2D eigenvalue weighted by molar-refractivity contribution is 0.0696. The zero-order valence-electron chi connectivity index (χ0n) is 22.2. The Kier molecular flexibility index (Phi) is 11.7. The third kappa shape index (κ3) is 9.28. The van der Waals surface area contributed by atoms with Gasteiger partial charge in [0.05, 0.1) is 5.56 Å². The predicted molar refractivity (Wildman–Crippen MR) is 145 cm³/mol. The number of rotatable bonds is 5. The van der Waals surface area contributed by atoms with Crippen molar-refractivity contribution < 1.29 is 19.4 Å². The zero-order valence-corrected chi connectivity index (χ0v) is 22.2. The predicted octanol–water partition coefficient (Wildman–Crippen LogP) is 8.48. The van der Waals surface area contributed by atoms with Gasteiger partial charge in [0.2, 0.25) is 0 Å². The van der Waals surface area contributed by atoms with Crippen molar-refractivity contribution in [3.63, 3.8) is 0 Å². The third-order valence-electron chi connectivity index (χ3n) is 4.69. The number of amides is 1. The Morgan fingerprint density at radius 2 is 1.37 bits per heavy atom. The fraction of sp³-hybridized carbons (Fsp3) is 0.333. The van der Waals surface area contributed by atoms with Gasteiger partial charge in [-0.2, -0.15) is 0 Å². The summed E-state index contributed by atoms with van der Waals surface area (Å²) in [6, 6.07) is 19.2. The Balaban J connectivity index is 0.00000114. The van der Waals surface area contributed by atoms with Gasteiger partial charge in [-0.25, -0.2) is 4.79 Å². The van der Waals surface area contributed by atoms with Crippen LogP contribution in [0, 0.1) is 6.92 Å². The quantitative estimate of drug-likeness (QED) is 0.386. The van der Waals surface area contributed by atoms with Crippen molar-refractivity contribution in [2.45, 2.75) is 67.2 Å². The second-order valence-corrected chi connectivity index (χ2v) is 8.92. The highest BCUT2D eigenvalue weighted by molar-refractivity contribution is 6.04. The van der Waals surface area contributed by atoms with Gasteiger partial charge in [-0.3, -0.25) is 4.79 Å². The molecule has 5 heteroatoms. The monoisotopic (exact) mass is 477 g/mol. The van der Waals surface area contributed by atoms with Crippen molar-refractivity contribution in [3.05, 3.63) is 89.0 Å². The number of carboxylic acid groups (broad SMARTS) is 1. The largest absolute Gasteiger partial charge is 0.478 e. The van der Waals surface area contributed by atoms with Gasteiger partial charge >= 0.3 is 5.97 Å². The second-order valence-electron chi connectivity index (χ2n) is 8.92. The summed E-state index contributed by atoms with van der Waals surface area (Å²) >= 11 is 0. The molecule has 2 N–H and O–H groups in total. The Labute approximate surface area is 210 Å². The number of aryl methyl sites for hydroxylation is 1. The van der Waals surface area contributed by atoms with Crippen molar-refractivity contribution >= 4 is 17.6 Å². The molecule has 3 rings (SSSR count). The summed E-state index contributed by atoms with van der Waals surface area (Å²) in [5.41, 5.74) is 3.10. The summed E-state index contributed by atoms with van der Waals surface area (Å²) < 4.78 is 6.13. The Morgan fingerprint density at radius 3 is 1.86 bits per heavy atom. The van der Waals surface area contributed by atoms with Crippen LogP contribution in [0.3, 0.4) is 0 Å². The molecule has 0 aliphatic heterocycles. The first-order valence-electron chi connectivity index (χ1n) is 12.1. The molecule has 188 valence electrons. The third-order valence-corrected chi connectivity index (χ3v) is 4.69. The molecule has 0 aromatic heterocycles. The van der Waals surface area contributed by atoms with E-state index in [2.05, 4.69) is 39.9 Å². The van der Waals surface area contributed by atoms with E-state index in [1.807, 2.05) is 51.1 Å². The molecule has 0 saturated carbocycles. The molecule has 0 spiro atoms. The lowest BCUT2D eigenvalue weighted by atomic mass is 9.85. The molecule has 3 aromatic rings. The lowest BCUT2D eigenvalue weighted by Gasteiger charge is -2.23. The van der Waals surface area contributed by atoms with E-state index in [9.17, 15) is 9.59 Å². The van der Waals surface area contributed by atoms with E-state index in [1.54, 1.807) is 24.3 Å². The van der Waals surface area contributed by atoms with E-state index in [-0.39, 0.29) is 16.9 Å². The maximum atomic E-state index is 12.8. The van der Waals surface area contributed by atoms with Crippen LogP contribution in [0.15, 0.2) is 66.7 Å². The molecule has 0 atom stereocenters. The van der Waals surface area contributed by atoms with E-state index in [0.717, 1.165) is 11.1 Å². The number of hydrogen-bond donors (Lipinski definition) is 2.